The Bertz CT molecular complexity index is 802. The second-order valence-electron chi connectivity index (χ2n) is 4.56. The van der Waals surface area contributed by atoms with E-state index in [0.717, 1.165) is 25.7 Å². The fourth-order valence-electron chi connectivity index (χ4n) is 2.26. The van der Waals surface area contributed by atoms with Gasteiger partial charge in [0, 0.05) is 9.17 Å². The van der Waals surface area contributed by atoms with Gasteiger partial charge in [0.2, 0.25) is 0 Å². The molecule has 21 heavy (non-hydrogen) atoms. The van der Waals surface area contributed by atoms with Crippen LogP contribution in [0.25, 0.3) is 10.1 Å². The van der Waals surface area contributed by atoms with Crippen LogP contribution in [0.2, 0.25) is 0 Å². The predicted molar refractivity (Wildman–Crippen MR) is 90.2 cm³/mol. The molecule has 0 amide bonds. The molecule has 1 aromatic heterocycles. The lowest BCUT2D eigenvalue weighted by Crippen LogP contribution is -1.95. The Balaban J connectivity index is 2.06. The van der Waals surface area contributed by atoms with Crippen LogP contribution in [0.3, 0.4) is 0 Å². The van der Waals surface area contributed by atoms with E-state index in [1.165, 1.54) is 13.2 Å². The van der Waals surface area contributed by atoms with E-state index in [1.54, 1.807) is 23.5 Å². The minimum absolute atomic E-state index is 0.223. The zero-order valence-electron chi connectivity index (χ0n) is 11.1. The molecule has 0 aliphatic carbocycles. The molecule has 1 heterocycles. The van der Waals surface area contributed by atoms with E-state index in [4.69, 9.17) is 16.3 Å². The van der Waals surface area contributed by atoms with Crippen molar-refractivity contribution in [1.29, 1.82) is 0 Å². The molecule has 0 saturated heterocycles. The van der Waals surface area contributed by atoms with Crippen LogP contribution in [-0.4, -0.2) is 7.11 Å². The Morgan fingerprint density at radius 1 is 1.29 bits per heavy atom. The number of hydrogen-bond donors (Lipinski definition) is 0. The Morgan fingerprint density at radius 2 is 2.10 bits per heavy atom. The van der Waals surface area contributed by atoms with Crippen molar-refractivity contribution in [3.05, 3.63) is 63.2 Å². The highest BCUT2D eigenvalue weighted by molar-refractivity contribution is 9.10. The lowest BCUT2D eigenvalue weighted by molar-refractivity contribution is 0.386. The lowest BCUT2D eigenvalue weighted by atomic mass is 10.0. The average Bonchev–Trinajstić information content (AvgIpc) is 2.92. The molecule has 0 spiro atoms. The first-order valence-electron chi connectivity index (χ1n) is 6.25. The number of fused-ring (bicyclic) bond motifs is 1. The van der Waals surface area contributed by atoms with Crippen molar-refractivity contribution in [3.63, 3.8) is 0 Å². The molecule has 3 rings (SSSR count). The third-order valence-corrected chi connectivity index (χ3v) is 5.78. The molecule has 0 N–H and O–H groups in total. The van der Waals surface area contributed by atoms with Crippen LogP contribution in [0.15, 0.2) is 46.3 Å². The summed E-state index contributed by atoms with van der Waals surface area (Å²) in [5.41, 5.74) is 1.71. The number of ether oxygens (including phenoxy) is 1. The quantitative estimate of drug-likeness (QED) is 0.492. The molecule has 1 nitrogen and oxygen atoms in total. The molecule has 2 aromatic carbocycles. The Labute approximate surface area is 139 Å². The van der Waals surface area contributed by atoms with Gasteiger partial charge in [-0.3, -0.25) is 0 Å². The van der Waals surface area contributed by atoms with E-state index < -0.39 is 11.2 Å². The van der Waals surface area contributed by atoms with E-state index >= 15 is 0 Å². The van der Waals surface area contributed by atoms with Crippen LogP contribution in [0.4, 0.5) is 4.39 Å². The molecule has 0 saturated carbocycles. The summed E-state index contributed by atoms with van der Waals surface area (Å²) in [5.74, 6) is -0.179. The van der Waals surface area contributed by atoms with Crippen LogP contribution >= 0.6 is 38.9 Å². The average molecular weight is 386 g/mol. The molecule has 3 aromatic rings. The van der Waals surface area contributed by atoms with Gasteiger partial charge in [0.25, 0.3) is 0 Å². The summed E-state index contributed by atoms with van der Waals surface area (Å²) >= 11 is 11.7. The van der Waals surface area contributed by atoms with Crippen LogP contribution in [0.1, 0.15) is 16.5 Å². The molecule has 1 unspecified atom stereocenters. The molecule has 0 fully saturated rings. The fraction of sp³-hybridized carbons (Fsp3) is 0.125. The predicted octanol–water partition coefficient (Wildman–Crippen LogP) is 6.14. The Kier molecular flexibility index (Phi) is 4.20. The normalized spacial score (nSPS) is 12.6. The number of thiophene rings is 1. The summed E-state index contributed by atoms with van der Waals surface area (Å²) in [7, 11) is 1.44. The third-order valence-electron chi connectivity index (χ3n) is 3.32. The van der Waals surface area contributed by atoms with E-state index in [2.05, 4.69) is 15.9 Å². The van der Waals surface area contributed by atoms with Crippen molar-refractivity contribution in [2.24, 2.45) is 0 Å². The summed E-state index contributed by atoms with van der Waals surface area (Å²) in [6.07, 6.45) is 0. The largest absolute Gasteiger partial charge is 0.494 e. The molecule has 0 radical (unpaired) electrons. The number of halogens is 3. The van der Waals surface area contributed by atoms with Gasteiger partial charge in [-0.25, -0.2) is 4.39 Å². The van der Waals surface area contributed by atoms with Crippen LogP contribution in [-0.2, 0) is 0 Å². The topological polar surface area (TPSA) is 9.23 Å². The van der Waals surface area contributed by atoms with Crippen molar-refractivity contribution in [2.75, 3.05) is 7.11 Å². The van der Waals surface area contributed by atoms with Crippen LogP contribution < -0.4 is 4.74 Å². The minimum atomic E-state index is -0.402. The van der Waals surface area contributed by atoms with Gasteiger partial charge in [-0.15, -0.1) is 22.9 Å². The molecular weight excluding hydrogens is 375 g/mol. The first-order valence-corrected chi connectivity index (χ1v) is 8.36. The Morgan fingerprint density at radius 3 is 2.81 bits per heavy atom. The fourth-order valence-corrected chi connectivity index (χ4v) is 4.30. The third kappa shape index (κ3) is 2.68. The van der Waals surface area contributed by atoms with Gasteiger partial charge in [0.05, 0.1) is 12.5 Å². The number of alkyl halides is 1. The van der Waals surface area contributed by atoms with Gasteiger partial charge >= 0.3 is 0 Å². The van der Waals surface area contributed by atoms with Gasteiger partial charge in [0.15, 0.2) is 11.6 Å². The summed E-state index contributed by atoms with van der Waals surface area (Å²) in [6, 6.07) is 10.8. The summed E-state index contributed by atoms with van der Waals surface area (Å²) < 4.78 is 21.0. The first kappa shape index (κ1) is 14.8. The molecule has 0 aliphatic rings. The summed E-state index contributed by atoms with van der Waals surface area (Å²) in [4.78, 5) is 0. The second kappa shape index (κ2) is 5.95. The highest BCUT2D eigenvalue weighted by Crippen LogP contribution is 2.40. The summed E-state index contributed by atoms with van der Waals surface area (Å²) in [5, 5.41) is 2.72. The zero-order valence-corrected chi connectivity index (χ0v) is 14.2. The van der Waals surface area contributed by atoms with E-state index in [0.29, 0.717) is 0 Å². The van der Waals surface area contributed by atoms with Crippen molar-refractivity contribution in [3.8, 4) is 5.75 Å². The second-order valence-corrected chi connectivity index (χ2v) is 6.73. The highest BCUT2D eigenvalue weighted by atomic mass is 79.9. The molecule has 108 valence electrons. The smallest absolute Gasteiger partial charge is 0.165 e. The highest BCUT2D eigenvalue weighted by Gasteiger charge is 2.18. The SMILES string of the molecule is COc1ccc(C(Cl)c2csc3c(Br)cccc23)cc1F. The van der Waals surface area contributed by atoms with E-state index in [9.17, 15) is 4.39 Å². The number of rotatable bonds is 3. The summed E-state index contributed by atoms with van der Waals surface area (Å²) in [6.45, 7) is 0. The van der Waals surface area contributed by atoms with Gasteiger partial charge < -0.3 is 4.74 Å². The maximum absolute atomic E-state index is 13.8. The van der Waals surface area contributed by atoms with Gasteiger partial charge in [-0.1, -0.05) is 18.2 Å². The van der Waals surface area contributed by atoms with Crippen molar-refractivity contribution < 1.29 is 9.13 Å². The number of hydrogen-bond acceptors (Lipinski definition) is 2. The van der Waals surface area contributed by atoms with Crippen LogP contribution in [0.5, 0.6) is 5.75 Å². The van der Waals surface area contributed by atoms with Crippen molar-refractivity contribution >= 4 is 49.0 Å². The zero-order chi connectivity index (χ0) is 15.0. The maximum atomic E-state index is 13.8. The van der Waals surface area contributed by atoms with E-state index in [-0.39, 0.29) is 5.75 Å². The van der Waals surface area contributed by atoms with Gasteiger partial charge in [-0.2, -0.15) is 0 Å². The number of methoxy groups -OCH3 is 1. The standard InChI is InChI=1S/C16H11BrClFOS/c1-20-14-6-5-9(7-13(14)19)15(18)11-8-21-16-10(11)3-2-4-12(16)17/h2-8,15H,1H3. The van der Waals surface area contributed by atoms with Crippen molar-refractivity contribution in [2.45, 2.75) is 5.38 Å². The number of benzene rings is 2. The monoisotopic (exact) mass is 384 g/mol. The molecule has 5 heteroatoms. The van der Waals surface area contributed by atoms with Crippen LogP contribution in [0, 0.1) is 5.82 Å². The lowest BCUT2D eigenvalue weighted by Gasteiger charge is -2.11. The van der Waals surface area contributed by atoms with E-state index in [1.807, 2.05) is 23.6 Å². The first-order chi connectivity index (χ1) is 10.1. The molecule has 1 atom stereocenters. The molecule has 0 aliphatic heterocycles. The maximum Gasteiger partial charge on any atom is 0.165 e. The van der Waals surface area contributed by atoms with Gasteiger partial charge in [0.1, 0.15) is 0 Å². The minimum Gasteiger partial charge on any atom is -0.494 e. The van der Waals surface area contributed by atoms with Gasteiger partial charge in [-0.05, 0) is 56.0 Å². The van der Waals surface area contributed by atoms with Crippen molar-refractivity contribution in [1.82, 2.24) is 0 Å². The molecule has 0 bridgehead atoms. The Hall–Kier alpha value is -1.10. The molecular formula is C16H11BrClFOS.